The summed E-state index contributed by atoms with van der Waals surface area (Å²) in [6.07, 6.45) is 1.73. The van der Waals surface area contributed by atoms with Crippen LogP contribution < -0.4 is 4.74 Å². The van der Waals surface area contributed by atoms with Crippen molar-refractivity contribution in [1.29, 1.82) is 0 Å². The third-order valence-corrected chi connectivity index (χ3v) is 4.29. The number of hydrogen-bond donors (Lipinski definition) is 1. The van der Waals surface area contributed by atoms with Gasteiger partial charge in [0.2, 0.25) is 0 Å². The van der Waals surface area contributed by atoms with Crippen LogP contribution >= 0.6 is 27.7 Å². The van der Waals surface area contributed by atoms with Crippen molar-refractivity contribution in [3.05, 3.63) is 52.6 Å². The first-order chi connectivity index (χ1) is 9.68. The average molecular weight is 354 g/mol. The fraction of sp³-hybridized carbons (Fsp3) is 0.143. The topological polar surface area (TPSA) is 59.4 Å². The predicted octanol–water partition coefficient (Wildman–Crippen LogP) is 3.71. The normalized spacial score (nSPS) is 10.2. The Kier molecular flexibility index (Phi) is 5.43. The quantitative estimate of drug-likeness (QED) is 0.633. The molecule has 0 fully saturated rings. The summed E-state index contributed by atoms with van der Waals surface area (Å²) in [5.74, 6) is 0.0882. The van der Waals surface area contributed by atoms with Crippen molar-refractivity contribution in [2.75, 3.05) is 12.4 Å². The summed E-state index contributed by atoms with van der Waals surface area (Å²) in [7, 11) is 0. The molecule has 0 amide bonds. The molecule has 0 aliphatic heterocycles. The molecule has 0 aliphatic rings. The summed E-state index contributed by atoms with van der Waals surface area (Å²) in [5.41, 5.74) is 0.177. The minimum Gasteiger partial charge on any atom is -0.492 e. The van der Waals surface area contributed by atoms with Crippen LogP contribution in [0.4, 0.5) is 0 Å². The fourth-order valence-electron chi connectivity index (χ4n) is 1.54. The van der Waals surface area contributed by atoms with Gasteiger partial charge in [-0.3, -0.25) is 0 Å². The van der Waals surface area contributed by atoms with Crippen molar-refractivity contribution in [2.45, 2.75) is 5.03 Å². The van der Waals surface area contributed by atoms with Crippen LogP contribution in [0.5, 0.6) is 5.75 Å². The first-order valence-electron chi connectivity index (χ1n) is 5.87. The molecule has 0 radical (unpaired) electrons. The Balaban J connectivity index is 1.88. The monoisotopic (exact) mass is 353 g/mol. The van der Waals surface area contributed by atoms with E-state index in [1.807, 2.05) is 12.1 Å². The Morgan fingerprint density at radius 3 is 2.85 bits per heavy atom. The number of benzene rings is 1. The molecule has 0 saturated heterocycles. The molecule has 104 valence electrons. The zero-order valence-corrected chi connectivity index (χ0v) is 12.9. The van der Waals surface area contributed by atoms with Crippen molar-refractivity contribution in [3.8, 4) is 5.75 Å². The van der Waals surface area contributed by atoms with Gasteiger partial charge >= 0.3 is 5.97 Å². The van der Waals surface area contributed by atoms with E-state index in [4.69, 9.17) is 9.84 Å². The van der Waals surface area contributed by atoms with Gasteiger partial charge < -0.3 is 9.84 Å². The van der Waals surface area contributed by atoms with Crippen LogP contribution in [0.25, 0.3) is 0 Å². The third-order valence-electron chi connectivity index (χ3n) is 2.42. The van der Waals surface area contributed by atoms with Crippen molar-refractivity contribution in [2.24, 2.45) is 0 Å². The first-order valence-corrected chi connectivity index (χ1v) is 7.65. The predicted molar refractivity (Wildman–Crippen MR) is 81.6 cm³/mol. The number of aromatic nitrogens is 1. The first kappa shape index (κ1) is 14.9. The van der Waals surface area contributed by atoms with Crippen molar-refractivity contribution < 1.29 is 14.6 Å². The van der Waals surface area contributed by atoms with Gasteiger partial charge in [0.15, 0.2) is 0 Å². The summed E-state index contributed by atoms with van der Waals surface area (Å²) in [4.78, 5) is 15.3. The van der Waals surface area contributed by atoms with E-state index in [2.05, 4.69) is 20.9 Å². The molecular formula is C14H12BrNO3S. The van der Waals surface area contributed by atoms with Crippen LogP contribution in [0.3, 0.4) is 0 Å². The van der Waals surface area contributed by atoms with E-state index in [1.54, 1.807) is 36.2 Å². The number of pyridine rings is 1. The number of ether oxygens (including phenoxy) is 1. The average Bonchev–Trinajstić information content (AvgIpc) is 2.45. The van der Waals surface area contributed by atoms with Crippen molar-refractivity contribution in [3.63, 3.8) is 0 Å². The molecule has 2 aromatic rings. The summed E-state index contributed by atoms with van der Waals surface area (Å²) < 4.78 is 6.46. The Labute approximate surface area is 129 Å². The van der Waals surface area contributed by atoms with Crippen molar-refractivity contribution in [1.82, 2.24) is 4.98 Å². The molecule has 2 rings (SSSR count). The highest BCUT2D eigenvalue weighted by Gasteiger charge is 2.10. The minimum absolute atomic E-state index is 0.177. The Bertz CT molecular complexity index is 606. The highest BCUT2D eigenvalue weighted by Crippen LogP contribution is 2.25. The highest BCUT2D eigenvalue weighted by atomic mass is 79.9. The number of carbonyl (C=O) groups is 1. The maximum atomic E-state index is 11.0. The second kappa shape index (κ2) is 7.31. The Hall–Kier alpha value is -1.53. The van der Waals surface area contributed by atoms with Crippen LogP contribution in [0.2, 0.25) is 0 Å². The lowest BCUT2D eigenvalue weighted by molar-refractivity contribution is 0.0692. The van der Waals surface area contributed by atoms with Crippen LogP contribution in [-0.4, -0.2) is 28.4 Å². The molecule has 20 heavy (non-hydrogen) atoms. The second-order valence-corrected chi connectivity index (χ2v) is 5.73. The molecule has 0 spiro atoms. The van der Waals surface area contributed by atoms with Gasteiger partial charge in [-0.15, -0.1) is 11.8 Å². The molecule has 4 nitrogen and oxygen atoms in total. The van der Waals surface area contributed by atoms with E-state index in [-0.39, 0.29) is 5.56 Å². The van der Waals surface area contributed by atoms with E-state index in [0.717, 1.165) is 9.50 Å². The minimum atomic E-state index is -0.985. The van der Waals surface area contributed by atoms with Gasteiger partial charge in [-0.1, -0.05) is 12.1 Å². The van der Waals surface area contributed by atoms with Gasteiger partial charge in [-0.2, -0.15) is 0 Å². The molecule has 0 unspecified atom stereocenters. The maximum Gasteiger partial charge on any atom is 0.339 e. The second-order valence-electron chi connectivity index (χ2n) is 3.79. The number of halogens is 1. The van der Waals surface area contributed by atoms with Crippen LogP contribution in [-0.2, 0) is 0 Å². The van der Waals surface area contributed by atoms with Crippen LogP contribution in [0.1, 0.15) is 10.4 Å². The van der Waals surface area contributed by atoms with Gasteiger partial charge in [0, 0.05) is 16.4 Å². The van der Waals surface area contributed by atoms with Crippen LogP contribution in [0, 0.1) is 0 Å². The maximum absolute atomic E-state index is 11.0. The van der Waals surface area contributed by atoms with Gasteiger partial charge in [-0.05, 0) is 40.2 Å². The van der Waals surface area contributed by atoms with Gasteiger partial charge in [-0.25, -0.2) is 9.78 Å². The molecule has 1 N–H and O–H groups in total. The smallest absolute Gasteiger partial charge is 0.339 e. The van der Waals surface area contributed by atoms with Crippen LogP contribution in [0.15, 0.2) is 52.1 Å². The van der Waals surface area contributed by atoms with Gasteiger partial charge in [0.05, 0.1) is 6.61 Å². The summed E-state index contributed by atoms with van der Waals surface area (Å²) >= 11 is 4.97. The lowest BCUT2D eigenvalue weighted by Gasteiger charge is -2.08. The molecule has 0 saturated carbocycles. The Morgan fingerprint density at radius 1 is 1.30 bits per heavy atom. The van der Waals surface area contributed by atoms with E-state index in [0.29, 0.717) is 18.1 Å². The van der Waals surface area contributed by atoms with E-state index in [9.17, 15) is 4.79 Å². The number of carboxylic acid groups (broad SMARTS) is 1. The zero-order chi connectivity index (χ0) is 14.4. The standard InChI is InChI=1S/C14H12BrNO3S/c15-11-5-3-7-16-13(11)20-9-8-19-12-6-2-1-4-10(12)14(17)18/h1-7H,8-9H2,(H,17,18). The summed E-state index contributed by atoms with van der Waals surface area (Å²) in [5, 5.41) is 9.93. The van der Waals surface area contributed by atoms with E-state index >= 15 is 0 Å². The highest BCUT2D eigenvalue weighted by molar-refractivity contribution is 9.10. The molecule has 0 atom stereocenters. The number of rotatable bonds is 6. The van der Waals surface area contributed by atoms with Gasteiger partial charge in [0.1, 0.15) is 16.3 Å². The molecule has 0 aliphatic carbocycles. The molecule has 0 bridgehead atoms. The number of carboxylic acids is 1. The fourth-order valence-corrected chi connectivity index (χ4v) is 2.84. The van der Waals surface area contributed by atoms with Crippen molar-refractivity contribution >= 4 is 33.7 Å². The van der Waals surface area contributed by atoms with Gasteiger partial charge in [0.25, 0.3) is 0 Å². The summed E-state index contributed by atoms with van der Waals surface area (Å²) in [6.45, 7) is 0.415. The number of thioether (sulfide) groups is 1. The lowest BCUT2D eigenvalue weighted by atomic mass is 10.2. The molecule has 6 heteroatoms. The van der Waals surface area contributed by atoms with E-state index in [1.165, 1.54) is 6.07 Å². The molecule has 1 heterocycles. The number of nitrogens with zero attached hydrogens (tertiary/aromatic N) is 1. The third kappa shape index (κ3) is 3.98. The largest absolute Gasteiger partial charge is 0.492 e. The lowest BCUT2D eigenvalue weighted by Crippen LogP contribution is -2.05. The molecular weight excluding hydrogens is 342 g/mol. The number of hydrogen-bond acceptors (Lipinski definition) is 4. The number of para-hydroxylation sites is 1. The molecule has 1 aromatic carbocycles. The van der Waals surface area contributed by atoms with E-state index < -0.39 is 5.97 Å². The number of aromatic carboxylic acids is 1. The SMILES string of the molecule is O=C(O)c1ccccc1OCCSc1ncccc1Br. The molecule has 1 aromatic heterocycles. The zero-order valence-electron chi connectivity index (χ0n) is 10.5. The Morgan fingerprint density at radius 2 is 2.10 bits per heavy atom. The summed E-state index contributed by atoms with van der Waals surface area (Å²) in [6, 6.07) is 10.4.